The van der Waals surface area contributed by atoms with E-state index in [4.69, 9.17) is 5.73 Å². The molecule has 0 fully saturated rings. The number of H-pyrrole nitrogens is 1. The van der Waals surface area contributed by atoms with Crippen LogP contribution in [0.5, 0.6) is 0 Å². The van der Waals surface area contributed by atoms with Crippen LogP contribution in [0.25, 0.3) is 0 Å². The van der Waals surface area contributed by atoms with Crippen molar-refractivity contribution in [3.8, 4) is 0 Å². The first-order valence-corrected chi connectivity index (χ1v) is 4.57. The Hall–Kier alpha value is -1.62. The average Bonchev–Trinajstić information content (AvgIpc) is 2.85. The summed E-state index contributed by atoms with van der Waals surface area (Å²) in [6.45, 7) is 1.37. The Bertz CT molecular complexity index is 376. The molecule has 3 N–H and O–H groups in total. The zero-order valence-corrected chi connectivity index (χ0v) is 7.85. The predicted molar refractivity (Wildman–Crippen MR) is 52.4 cm³/mol. The van der Waals surface area contributed by atoms with E-state index in [-0.39, 0.29) is 0 Å². The zero-order valence-electron chi connectivity index (χ0n) is 7.85. The molecule has 5 nitrogen and oxygen atoms in total. The van der Waals surface area contributed by atoms with Gasteiger partial charge in [-0.2, -0.15) is 0 Å². The third-order valence-electron chi connectivity index (χ3n) is 2.16. The van der Waals surface area contributed by atoms with E-state index in [9.17, 15) is 0 Å². The molecular formula is C9H13N5. The van der Waals surface area contributed by atoms with Gasteiger partial charge in [-0.25, -0.2) is 9.97 Å². The first-order chi connectivity index (χ1) is 6.90. The Labute approximate surface area is 82.0 Å². The molecule has 0 amide bonds. The standard InChI is InChI=1S/C9H13N5/c10-5-9-12-2-4-14(9)3-1-8-6-11-7-13-8/h2,4,6-7H,1,3,5,10H2,(H,11,13). The lowest BCUT2D eigenvalue weighted by molar-refractivity contribution is 0.646. The van der Waals surface area contributed by atoms with E-state index in [1.807, 2.05) is 12.4 Å². The highest BCUT2D eigenvalue weighted by Crippen LogP contribution is 2.00. The number of nitrogens with one attached hydrogen (secondary N) is 1. The lowest BCUT2D eigenvalue weighted by atomic mass is 10.3. The van der Waals surface area contributed by atoms with Gasteiger partial charge in [-0.1, -0.05) is 0 Å². The monoisotopic (exact) mass is 191 g/mol. The van der Waals surface area contributed by atoms with Gasteiger partial charge in [-0.05, 0) is 0 Å². The molecule has 0 aromatic carbocycles. The summed E-state index contributed by atoms with van der Waals surface area (Å²) in [6, 6.07) is 0. The van der Waals surface area contributed by atoms with Gasteiger partial charge in [0, 0.05) is 37.3 Å². The number of nitrogens with zero attached hydrogens (tertiary/aromatic N) is 3. The second-order valence-corrected chi connectivity index (χ2v) is 3.07. The van der Waals surface area contributed by atoms with Crippen molar-refractivity contribution in [2.24, 2.45) is 5.73 Å². The highest BCUT2D eigenvalue weighted by Gasteiger charge is 2.00. The van der Waals surface area contributed by atoms with Gasteiger partial charge in [0.05, 0.1) is 12.9 Å². The van der Waals surface area contributed by atoms with E-state index in [0.29, 0.717) is 6.54 Å². The van der Waals surface area contributed by atoms with E-state index in [1.54, 1.807) is 12.5 Å². The van der Waals surface area contributed by atoms with Crippen LogP contribution < -0.4 is 5.73 Å². The van der Waals surface area contributed by atoms with E-state index >= 15 is 0 Å². The maximum atomic E-state index is 5.54. The Balaban J connectivity index is 1.98. The number of rotatable bonds is 4. The highest BCUT2D eigenvalue weighted by atomic mass is 15.1. The lowest BCUT2D eigenvalue weighted by Crippen LogP contribution is -2.09. The molecule has 2 heterocycles. The maximum absolute atomic E-state index is 5.54. The Morgan fingerprint density at radius 1 is 1.50 bits per heavy atom. The van der Waals surface area contributed by atoms with Crippen LogP contribution in [-0.4, -0.2) is 19.5 Å². The zero-order chi connectivity index (χ0) is 9.80. The van der Waals surface area contributed by atoms with E-state index in [2.05, 4.69) is 19.5 Å². The third kappa shape index (κ3) is 1.82. The summed E-state index contributed by atoms with van der Waals surface area (Å²) in [4.78, 5) is 11.2. The normalized spacial score (nSPS) is 10.6. The molecule has 0 radical (unpaired) electrons. The van der Waals surface area contributed by atoms with Crippen molar-refractivity contribution in [1.29, 1.82) is 0 Å². The fourth-order valence-electron chi connectivity index (χ4n) is 1.40. The fraction of sp³-hybridized carbons (Fsp3) is 0.333. The summed E-state index contributed by atoms with van der Waals surface area (Å²) in [5, 5.41) is 0. The molecule has 14 heavy (non-hydrogen) atoms. The Morgan fingerprint density at radius 3 is 3.14 bits per heavy atom. The summed E-state index contributed by atoms with van der Waals surface area (Å²) in [6.07, 6.45) is 8.16. The predicted octanol–water partition coefficient (Wildman–Crippen LogP) is 0.308. The van der Waals surface area contributed by atoms with Gasteiger partial charge in [0.1, 0.15) is 5.82 Å². The molecule has 2 aromatic heterocycles. The number of hydrogen-bond acceptors (Lipinski definition) is 3. The van der Waals surface area contributed by atoms with E-state index in [0.717, 1.165) is 24.5 Å². The quantitative estimate of drug-likeness (QED) is 0.730. The third-order valence-corrected chi connectivity index (χ3v) is 2.16. The van der Waals surface area contributed by atoms with Crippen molar-refractivity contribution in [3.63, 3.8) is 0 Å². The summed E-state index contributed by atoms with van der Waals surface area (Å²) in [7, 11) is 0. The molecule has 0 atom stereocenters. The van der Waals surface area contributed by atoms with Gasteiger partial charge in [-0.15, -0.1) is 0 Å². The minimum Gasteiger partial charge on any atom is -0.348 e. The summed E-state index contributed by atoms with van der Waals surface area (Å²) < 4.78 is 2.06. The average molecular weight is 191 g/mol. The minimum absolute atomic E-state index is 0.482. The Kier molecular flexibility index (Phi) is 2.60. The maximum Gasteiger partial charge on any atom is 0.122 e. The largest absolute Gasteiger partial charge is 0.348 e. The summed E-state index contributed by atoms with van der Waals surface area (Å²) >= 11 is 0. The number of aromatic nitrogens is 4. The summed E-state index contributed by atoms with van der Waals surface area (Å²) in [5.41, 5.74) is 6.67. The number of aryl methyl sites for hydroxylation is 2. The second-order valence-electron chi connectivity index (χ2n) is 3.07. The number of hydrogen-bond donors (Lipinski definition) is 2. The Morgan fingerprint density at radius 2 is 2.43 bits per heavy atom. The molecule has 0 bridgehead atoms. The number of imidazole rings is 2. The lowest BCUT2D eigenvalue weighted by Gasteiger charge is -2.04. The molecular weight excluding hydrogens is 178 g/mol. The van der Waals surface area contributed by atoms with E-state index < -0.39 is 0 Å². The molecule has 5 heteroatoms. The minimum atomic E-state index is 0.482. The molecule has 74 valence electrons. The molecule has 2 aromatic rings. The molecule has 0 aliphatic carbocycles. The van der Waals surface area contributed by atoms with Gasteiger partial charge in [0.25, 0.3) is 0 Å². The van der Waals surface area contributed by atoms with Crippen LogP contribution >= 0.6 is 0 Å². The molecule has 0 spiro atoms. The smallest absolute Gasteiger partial charge is 0.122 e. The molecule has 2 rings (SSSR count). The van der Waals surface area contributed by atoms with Gasteiger partial charge >= 0.3 is 0 Å². The van der Waals surface area contributed by atoms with Crippen LogP contribution in [-0.2, 0) is 19.5 Å². The first-order valence-electron chi connectivity index (χ1n) is 4.57. The SMILES string of the molecule is NCc1nccn1CCc1cnc[nH]1. The van der Waals surface area contributed by atoms with Crippen molar-refractivity contribution in [1.82, 2.24) is 19.5 Å². The van der Waals surface area contributed by atoms with Crippen molar-refractivity contribution in [3.05, 3.63) is 36.4 Å². The van der Waals surface area contributed by atoms with Crippen LogP contribution in [0.15, 0.2) is 24.9 Å². The van der Waals surface area contributed by atoms with Crippen LogP contribution in [0.4, 0.5) is 0 Å². The van der Waals surface area contributed by atoms with E-state index in [1.165, 1.54) is 0 Å². The van der Waals surface area contributed by atoms with Crippen LogP contribution in [0.1, 0.15) is 11.5 Å². The molecule has 0 aliphatic heterocycles. The van der Waals surface area contributed by atoms with Crippen molar-refractivity contribution in [2.45, 2.75) is 19.5 Å². The number of nitrogens with two attached hydrogens (primary N) is 1. The van der Waals surface area contributed by atoms with Gasteiger partial charge in [-0.3, -0.25) is 0 Å². The fourth-order valence-corrected chi connectivity index (χ4v) is 1.40. The van der Waals surface area contributed by atoms with Crippen molar-refractivity contribution in [2.75, 3.05) is 0 Å². The number of aromatic amines is 1. The van der Waals surface area contributed by atoms with Crippen LogP contribution in [0.2, 0.25) is 0 Å². The second kappa shape index (κ2) is 4.06. The molecule has 0 saturated carbocycles. The van der Waals surface area contributed by atoms with Crippen LogP contribution in [0.3, 0.4) is 0 Å². The molecule has 0 saturated heterocycles. The topological polar surface area (TPSA) is 72.5 Å². The molecule has 0 unspecified atom stereocenters. The van der Waals surface area contributed by atoms with Gasteiger partial charge in [0.15, 0.2) is 0 Å². The van der Waals surface area contributed by atoms with Gasteiger partial charge < -0.3 is 15.3 Å². The van der Waals surface area contributed by atoms with Crippen molar-refractivity contribution < 1.29 is 0 Å². The summed E-state index contributed by atoms with van der Waals surface area (Å²) in [5.74, 6) is 0.921. The highest BCUT2D eigenvalue weighted by molar-refractivity contribution is 4.97. The molecule has 0 aliphatic rings. The van der Waals surface area contributed by atoms with Gasteiger partial charge in [0.2, 0.25) is 0 Å². The first kappa shape index (κ1) is 8.96. The van der Waals surface area contributed by atoms with Crippen molar-refractivity contribution >= 4 is 0 Å². The van der Waals surface area contributed by atoms with Crippen LogP contribution in [0, 0.1) is 0 Å².